The lowest BCUT2D eigenvalue weighted by Gasteiger charge is -1.94. The molecule has 10 heavy (non-hydrogen) atoms. The van der Waals surface area contributed by atoms with Crippen LogP contribution in [0.2, 0.25) is 0 Å². The molecule has 3 amide bonds. The first-order chi connectivity index (χ1) is 4.66. The van der Waals surface area contributed by atoms with E-state index in [0.29, 0.717) is 0 Å². The molecule has 54 valence electrons. The number of hydrogen-bond acceptors (Lipinski definition) is 3. The minimum absolute atomic E-state index is 0.0133. The highest BCUT2D eigenvalue weighted by Crippen LogP contribution is 1.84. The highest BCUT2D eigenvalue weighted by Gasteiger charge is 2.01. The number of nitriles is 1. The van der Waals surface area contributed by atoms with E-state index in [1.54, 1.807) is 6.07 Å². The van der Waals surface area contributed by atoms with Gasteiger partial charge in [-0.25, -0.2) is 4.79 Å². The maximum Gasteiger partial charge on any atom is 0.318 e. The third kappa shape index (κ3) is 4.59. The van der Waals surface area contributed by atoms with Crippen LogP contribution in [0.3, 0.4) is 0 Å². The van der Waals surface area contributed by atoms with Gasteiger partial charge in [0.2, 0.25) is 5.91 Å². The standard InChI is InChI=1S/C5H7N3O2/c6-3-1-2-4(9)8-5(7)10/h1-2H2,(H3,7,8,9,10). The van der Waals surface area contributed by atoms with Crippen molar-refractivity contribution in [2.45, 2.75) is 12.8 Å². The zero-order valence-electron chi connectivity index (χ0n) is 5.26. The van der Waals surface area contributed by atoms with E-state index < -0.39 is 11.9 Å². The van der Waals surface area contributed by atoms with Crippen molar-refractivity contribution in [1.29, 1.82) is 5.26 Å². The lowest BCUT2D eigenvalue weighted by molar-refractivity contribution is -0.119. The Morgan fingerprint density at radius 3 is 2.60 bits per heavy atom. The van der Waals surface area contributed by atoms with Crippen LogP contribution in [0.5, 0.6) is 0 Å². The van der Waals surface area contributed by atoms with Crippen LogP contribution in [0.15, 0.2) is 0 Å². The van der Waals surface area contributed by atoms with Gasteiger partial charge < -0.3 is 5.73 Å². The normalized spacial score (nSPS) is 7.90. The van der Waals surface area contributed by atoms with E-state index in [9.17, 15) is 9.59 Å². The molecule has 0 aromatic heterocycles. The van der Waals surface area contributed by atoms with Gasteiger partial charge in [0.05, 0.1) is 6.07 Å². The number of imide groups is 1. The van der Waals surface area contributed by atoms with Crippen molar-refractivity contribution < 1.29 is 9.59 Å². The van der Waals surface area contributed by atoms with Gasteiger partial charge in [-0.2, -0.15) is 5.26 Å². The maximum absolute atomic E-state index is 10.4. The Bertz CT molecular complexity index is 182. The van der Waals surface area contributed by atoms with Crippen molar-refractivity contribution in [3.8, 4) is 6.07 Å². The predicted octanol–water partition coefficient (Wildman–Crippen LogP) is -0.515. The minimum Gasteiger partial charge on any atom is -0.351 e. The van der Waals surface area contributed by atoms with E-state index in [-0.39, 0.29) is 12.8 Å². The number of rotatable bonds is 2. The number of urea groups is 1. The van der Waals surface area contributed by atoms with Gasteiger partial charge in [0.25, 0.3) is 0 Å². The molecule has 0 bridgehead atoms. The van der Waals surface area contributed by atoms with Crippen molar-refractivity contribution in [3.63, 3.8) is 0 Å². The van der Waals surface area contributed by atoms with Gasteiger partial charge in [-0.05, 0) is 0 Å². The lowest BCUT2D eigenvalue weighted by atomic mass is 10.3. The van der Waals surface area contributed by atoms with E-state index in [1.807, 2.05) is 5.32 Å². The molecular formula is C5H7N3O2. The third-order valence-electron chi connectivity index (χ3n) is 0.726. The van der Waals surface area contributed by atoms with Gasteiger partial charge >= 0.3 is 6.03 Å². The van der Waals surface area contributed by atoms with Gasteiger partial charge in [-0.15, -0.1) is 0 Å². The lowest BCUT2D eigenvalue weighted by Crippen LogP contribution is -2.34. The van der Waals surface area contributed by atoms with Crippen molar-refractivity contribution in [2.75, 3.05) is 0 Å². The second-order valence-electron chi connectivity index (χ2n) is 1.57. The molecule has 0 unspecified atom stereocenters. The smallest absolute Gasteiger partial charge is 0.318 e. The van der Waals surface area contributed by atoms with E-state index in [0.717, 1.165) is 0 Å². The van der Waals surface area contributed by atoms with Crippen LogP contribution in [0.1, 0.15) is 12.8 Å². The molecule has 0 radical (unpaired) electrons. The fourth-order valence-electron chi connectivity index (χ4n) is 0.369. The average molecular weight is 141 g/mol. The van der Waals surface area contributed by atoms with E-state index in [4.69, 9.17) is 5.26 Å². The molecule has 0 aliphatic heterocycles. The summed E-state index contributed by atoms with van der Waals surface area (Å²) in [4.78, 5) is 20.4. The van der Waals surface area contributed by atoms with Crippen LogP contribution >= 0.6 is 0 Å². The summed E-state index contributed by atoms with van der Waals surface area (Å²) < 4.78 is 0. The maximum atomic E-state index is 10.4. The van der Waals surface area contributed by atoms with Crippen LogP contribution in [-0.4, -0.2) is 11.9 Å². The summed E-state index contributed by atoms with van der Waals surface area (Å²) in [5.41, 5.74) is 4.61. The summed E-state index contributed by atoms with van der Waals surface area (Å²) in [5, 5.41) is 9.83. The van der Waals surface area contributed by atoms with Crippen LogP contribution in [0.4, 0.5) is 4.79 Å². The molecule has 0 saturated heterocycles. The number of nitrogens with zero attached hydrogens (tertiary/aromatic N) is 1. The van der Waals surface area contributed by atoms with Crippen LogP contribution in [0.25, 0.3) is 0 Å². The number of hydrogen-bond donors (Lipinski definition) is 2. The highest BCUT2D eigenvalue weighted by atomic mass is 16.2. The Labute approximate surface area is 57.8 Å². The zero-order valence-corrected chi connectivity index (χ0v) is 5.26. The Kier molecular flexibility index (Phi) is 3.64. The molecule has 3 N–H and O–H groups in total. The summed E-state index contributed by atoms with van der Waals surface area (Å²) in [6, 6.07) is 0.873. The molecule has 0 saturated carbocycles. The van der Waals surface area contributed by atoms with Crippen molar-refractivity contribution >= 4 is 11.9 Å². The Morgan fingerprint density at radius 1 is 1.60 bits per heavy atom. The minimum atomic E-state index is -0.886. The van der Waals surface area contributed by atoms with E-state index in [1.165, 1.54) is 0 Å². The molecule has 0 atom stereocenters. The van der Waals surface area contributed by atoms with E-state index >= 15 is 0 Å². The molecule has 0 fully saturated rings. The molecule has 5 heteroatoms. The number of carbonyl (C=O) groups excluding carboxylic acids is 2. The Balaban J connectivity index is 3.47. The Hall–Kier alpha value is -1.57. The molecule has 0 aromatic rings. The molecule has 0 heterocycles. The predicted molar refractivity (Wildman–Crippen MR) is 32.6 cm³/mol. The number of nitrogens with one attached hydrogen (secondary N) is 1. The largest absolute Gasteiger partial charge is 0.351 e. The van der Waals surface area contributed by atoms with Crippen LogP contribution in [-0.2, 0) is 4.79 Å². The monoisotopic (exact) mass is 141 g/mol. The average Bonchev–Trinajstić information content (AvgIpc) is 1.82. The first kappa shape index (κ1) is 8.43. The molecule has 0 rings (SSSR count). The fraction of sp³-hybridized carbons (Fsp3) is 0.400. The van der Waals surface area contributed by atoms with Crippen molar-refractivity contribution in [3.05, 3.63) is 0 Å². The number of nitrogens with two attached hydrogens (primary N) is 1. The molecule has 0 spiro atoms. The SMILES string of the molecule is N#CCCC(=O)NC(N)=O. The zero-order chi connectivity index (χ0) is 7.98. The fourth-order valence-corrected chi connectivity index (χ4v) is 0.369. The van der Waals surface area contributed by atoms with Gasteiger partial charge in [-0.1, -0.05) is 0 Å². The first-order valence-electron chi connectivity index (χ1n) is 2.63. The molecule has 0 aliphatic rings. The van der Waals surface area contributed by atoms with Crippen LogP contribution < -0.4 is 11.1 Å². The van der Waals surface area contributed by atoms with Crippen molar-refractivity contribution in [1.82, 2.24) is 5.32 Å². The third-order valence-corrected chi connectivity index (χ3v) is 0.726. The summed E-state index contributed by atoms with van der Waals surface area (Å²) in [7, 11) is 0. The molecule has 0 aliphatic carbocycles. The van der Waals surface area contributed by atoms with Crippen molar-refractivity contribution in [2.24, 2.45) is 5.73 Å². The summed E-state index contributed by atoms with van der Waals surface area (Å²) in [6.45, 7) is 0. The first-order valence-corrected chi connectivity index (χ1v) is 2.63. The highest BCUT2D eigenvalue weighted by molar-refractivity contribution is 5.93. The number of carbonyl (C=O) groups is 2. The van der Waals surface area contributed by atoms with Gasteiger partial charge in [0.1, 0.15) is 0 Å². The topological polar surface area (TPSA) is 96.0 Å². The molecule has 0 aromatic carbocycles. The van der Waals surface area contributed by atoms with Gasteiger partial charge in [-0.3, -0.25) is 10.1 Å². The van der Waals surface area contributed by atoms with E-state index in [2.05, 4.69) is 5.73 Å². The Morgan fingerprint density at radius 2 is 2.20 bits per heavy atom. The summed E-state index contributed by atoms with van der Waals surface area (Å²) in [5.74, 6) is -0.519. The number of amides is 3. The quantitative estimate of drug-likeness (QED) is 0.541. The van der Waals surface area contributed by atoms with Gasteiger partial charge in [0, 0.05) is 12.8 Å². The number of primary amides is 1. The summed E-state index contributed by atoms with van der Waals surface area (Å²) in [6.07, 6.45) is 0.110. The second kappa shape index (κ2) is 4.32. The molecule has 5 nitrogen and oxygen atoms in total. The van der Waals surface area contributed by atoms with Crippen LogP contribution in [0, 0.1) is 11.3 Å². The summed E-state index contributed by atoms with van der Waals surface area (Å²) >= 11 is 0. The van der Waals surface area contributed by atoms with Gasteiger partial charge in [0.15, 0.2) is 0 Å². The second-order valence-corrected chi connectivity index (χ2v) is 1.57. The molecular weight excluding hydrogens is 134 g/mol.